The van der Waals surface area contributed by atoms with E-state index in [1.165, 1.54) is 4.90 Å². The van der Waals surface area contributed by atoms with Gasteiger partial charge >= 0.3 is 12.0 Å². The van der Waals surface area contributed by atoms with Gasteiger partial charge in [-0.25, -0.2) is 9.59 Å². The van der Waals surface area contributed by atoms with Crippen molar-refractivity contribution in [3.8, 4) is 0 Å². The molecule has 1 heterocycles. The first-order valence-electron chi connectivity index (χ1n) is 6.99. The predicted octanol–water partition coefficient (Wildman–Crippen LogP) is 0.407. The summed E-state index contributed by atoms with van der Waals surface area (Å²) < 4.78 is 0. The first kappa shape index (κ1) is 16.3. The number of rotatable bonds is 5. The minimum absolute atomic E-state index is 0.0779. The molecule has 0 aromatic carbocycles. The van der Waals surface area contributed by atoms with Crippen LogP contribution >= 0.6 is 0 Å². The zero-order valence-corrected chi connectivity index (χ0v) is 12.0. The van der Waals surface area contributed by atoms with Crippen molar-refractivity contribution in [3.05, 3.63) is 0 Å². The third-order valence-corrected chi connectivity index (χ3v) is 3.50. The normalized spacial score (nSPS) is 20.1. The Morgan fingerprint density at radius 3 is 2.65 bits per heavy atom. The SMILES string of the molecule is CCC[C@H](NC(=O)N1CCCC(C(=O)NC)C1)C(=O)O. The molecule has 7 nitrogen and oxygen atoms in total. The van der Waals surface area contributed by atoms with Gasteiger partial charge in [0.15, 0.2) is 0 Å². The number of aliphatic carboxylic acids is 1. The number of carbonyl (C=O) groups is 3. The van der Waals surface area contributed by atoms with Crippen molar-refractivity contribution >= 4 is 17.9 Å². The lowest BCUT2D eigenvalue weighted by atomic mass is 9.97. The molecule has 114 valence electrons. The highest BCUT2D eigenvalue weighted by Gasteiger charge is 2.29. The number of nitrogens with zero attached hydrogens (tertiary/aromatic N) is 1. The van der Waals surface area contributed by atoms with Crippen molar-refractivity contribution in [1.29, 1.82) is 0 Å². The van der Waals surface area contributed by atoms with E-state index >= 15 is 0 Å². The fraction of sp³-hybridized carbons (Fsp3) is 0.769. The van der Waals surface area contributed by atoms with E-state index in [4.69, 9.17) is 5.11 Å². The van der Waals surface area contributed by atoms with Gasteiger partial charge in [-0.1, -0.05) is 13.3 Å². The first-order chi connectivity index (χ1) is 9.49. The smallest absolute Gasteiger partial charge is 0.326 e. The van der Waals surface area contributed by atoms with E-state index in [9.17, 15) is 14.4 Å². The Kier molecular flexibility index (Phi) is 6.27. The van der Waals surface area contributed by atoms with Crippen LogP contribution < -0.4 is 10.6 Å². The van der Waals surface area contributed by atoms with Gasteiger partial charge in [-0.15, -0.1) is 0 Å². The Hall–Kier alpha value is -1.79. The van der Waals surface area contributed by atoms with Crippen molar-refractivity contribution in [1.82, 2.24) is 15.5 Å². The summed E-state index contributed by atoms with van der Waals surface area (Å²) in [5, 5.41) is 14.1. The van der Waals surface area contributed by atoms with Crippen molar-refractivity contribution in [3.63, 3.8) is 0 Å². The van der Waals surface area contributed by atoms with Crippen molar-refractivity contribution in [2.75, 3.05) is 20.1 Å². The fourth-order valence-corrected chi connectivity index (χ4v) is 2.37. The maximum absolute atomic E-state index is 12.1. The summed E-state index contributed by atoms with van der Waals surface area (Å²) in [5.41, 5.74) is 0. The molecule has 0 spiro atoms. The second kappa shape index (κ2) is 7.72. The summed E-state index contributed by atoms with van der Waals surface area (Å²) >= 11 is 0. The number of hydrogen-bond donors (Lipinski definition) is 3. The van der Waals surface area contributed by atoms with Gasteiger partial charge in [0.2, 0.25) is 5.91 Å². The summed E-state index contributed by atoms with van der Waals surface area (Å²) in [7, 11) is 1.57. The molecule has 0 aromatic rings. The summed E-state index contributed by atoms with van der Waals surface area (Å²) in [6, 6.07) is -1.27. The van der Waals surface area contributed by atoms with Crippen LogP contribution in [0.5, 0.6) is 0 Å². The quantitative estimate of drug-likeness (QED) is 0.681. The Labute approximate surface area is 118 Å². The first-order valence-corrected chi connectivity index (χ1v) is 6.99. The molecule has 0 bridgehead atoms. The van der Waals surface area contributed by atoms with Crippen LogP contribution in [0, 0.1) is 5.92 Å². The molecule has 1 rings (SSSR count). The number of carbonyl (C=O) groups excluding carboxylic acids is 2. The number of carboxylic acid groups (broad SMARTS) is 1. The van der Waals surface area contributed by atoms with Crippen molar-refractivity contribution in [2.45, 2.75) is 38.6 Å². The van der Waals surface area contributed by atoms with Crippen LogP contribution in [0.4, 0.5) is 4.79 Å². The molecule has 1 aliphatic rings. The highest BCUT2D eigenvalue weighted by Crippen LogP contribution is 2.16. The van der Waals surface area contributed by atoms with Gasteiger partial charge in [-0.3, -0.25) is 4.79 Å². The number of amides is 3. The molecule has 3 N–H and O–H groups in total. The number of nitrogens with one attached hydrogen (secondary N) is 2. The van der Waals surface area contributed by atoms with Gasteiger partial charge < -0.3 is 20.6 Å². The van der Waals surface area contributed by atoms with Gasteiger partial charge in [0.25, 0.3) is 0 Å². The molecular weight excluding hydrogens is 262 g/mol. The standard InChI is InChI=1S/C13H23N3O4/c1-3-5-10(12(18)19)15-13(20)16-7-4-6-9(8-16)11(17)14-2/h9-10H,3-8H2,1-2H3,(H,14,17)(H,15,20)(H,18,19)/t9?,10-/m0/s1. The molecule has 20 heavy (non-hydrogen) atoms. The van der Waals surface area contributed by atoms with Crippen LogP contribution in [0.25, 0.3) is 0 Å². The summed E-state index contributed by atoms with van der Waals surface area (Å²) in [6.45, 7) is 2.76. The number of hydrogen-bond acceptors (Lipinski definition) is 3. The number of piperidine rings is 1. The monoisotopic (exact) mass is 285 g/mol. The molecule has 0 radical (unpaired) electrons. The molecule has 2 atom stereocenters. The van der Waals surface area contributed by atoms with Gasteiger partial charge in [-0.05, 0) is 19.3 Å². The predicted molar refractivity (Wildman–Crippen MR) is 73.2 cm³/mol. The van der Waals surface area contributed by atoms with E-state index in [1.54, 1.807) is 7.05 Å². The molecular formula is C13H23N3O4. The summed E-state index contributed by atoms with van der Waals surface area (Å²) in [4.78, 5) is 36.2. The lowest BCUT2D eigenvalue weighted by Gasteiger charge is -2.32. The lowest BCUT2D eigenvalue weighted by Crippen LogP contribution is -2.52. The molecule has 1 fully saturated rings. The molecule has 0 aliphatic carbocycles. The van der Waals surface area contributed by atoms with E-state index in [0.717, 1.165) is 12.8 Å². The van der Waals surface area contributed by atoms with Gasteiger partial charge in [-0.2, -0.15) is 0 Å². The fourth-order valence-electron chi connectivity index (χ4n) is 2.37. The van der Waals surface area contributed by atoms with Gasteiger partial charge in [0, 0.05) is 20.1 Å². The zero-order valence-electron chi connectivity index (χ0n) is 12.0. The maximum atomic E-state index is 12.1. The zero-order chi connectivity index (χ0) is 15.1. The van der Waals surface area contributed by atoms with Crippen LogP contribution in [-0.2, 0) is 9.59 Å². The highest BCUT2D eigenvalue weighted by molar-refractivity contribution is 5.84. The Morgan fingerprint density at radius 1 is 1.40 bits per heavy atom. The van der Waals surface area contributed by atoms with Crippen LogP contribution in [-0.4, -0.2) is 54.1 Å². The van der Waals surface area contributed by atoms with E-state index in [-0.39, 0.29) is 11.8 Å². The van der Waals surface area contributed by atoms with E-state index in [0.29, 0.717) is 25.9 Å². The highest BCUT2D eigenvalue weighted by atomic mass is 16.4. The van der Waals surface area contributed by atoms with Crippen LogP contribution in [0.2, 0.25) is 0 Å². The summed E-state index contributed by atoms with van der Waals surface area (Å²) in [6.07, 6.45) is 2.57. The lowest BCUT2D eigenvalue weighted by molar-refractivity contribution is -0.139. The second-order valence-corrected chi connectivity index (χ2v) is 5.03. The molecule has 3 amide bonds. The molecule has 0 aromatic heterocycles. The molecule has 1 aliphatic heterocycles. The van der Waals surface area contributed by atoms with Gasteiger partial charge in [0.1, 0.15) is 6.04 Å². The summed E-state index contributed by atoms with van der Waals surface area (Å²) in [5.74, 6) is -1.32. The van der Waals surface area contributed by atoms with E-state index in [2.05, 4.69) is 10.6 Å². The number of carboxylic acids is 1. The van der Waals surface area contributed by atoms with E-state index in [1.807, 2.05) is 6.92 Å². The Balaban J connectivity index is 2.57. The third kappa shape index (κ3) is 4.40. The third-order valence-electron chi connectivity index (χ3n) is 3.50. The minimum atomic E-state index is -1.03. The Bertz CT molecular complexity index is 373. The average molecular weight is 285 g/mol. The topological polar surface area (TPSA) is 98.7 Å². The van der Waals surface area contributed by atoms with Crippen LogP contribution in [0.1, 0.15) is 32.6 Å². The largest absolute Gasteiger partial charge is 0.480 e. The minimum Gasteiger partial charge on any atom is -0.480 e. The number of likely N-dealkylation sites (tertiary alicyclic amines) is 1. The van der Waals surface area contributed by atoms with Crippen LogP contribution in [0.3, 0.4) is 0 Å². The number of urea groups is 1. The average Bonchev–Trinajstić information content (AvgIpc) is 2.45. The van der Waals surface area contributed by atoms with Crippen LogP contribution in [0.15, 0.2) is 0 Å². The van der Waals surface area contributed by atoms with Gasteiger partial charge in [0.05, 0.1) is 5.92 Å². The molecule has 7 heteroatoms. The van der Waals surface area contributed by atoms with E-state index < -0.39 is 18.0 Å². The molecule has 1 unspecified atom stereocenters. The van der Waals surface area contributed by atoms with Crippen molar-refractivity contribution < 1.29 is 19.5 Å². The molecule has 1 saturated heterocycles. The maximum Gasteiger partial charge on any atom is 0.326 e. The Morgan fingerprint density at radius 2 is 2.10 bits per heavy atom. The second-order valence-electron chi connectivity index (χ2n) is 5.03. The molecule has 0 saturated carbocycles. The van der Waals surface area contributed by atoms with Crippen molar-refractivity contribution in [2.24, 2.45) is 5.92 Å².